The molecule has 17 nitrogen and oxygen atoms in total. The highest BCUT2D eigenvalue weighted by Gasteiger charge is 2.30. The highest BCUT2D eigenvalue weighted by molar-refractivity contribution is 7.47. The molecule has 0 aliphatic rings. The lowest BCUT2D eigenvalue weighted by Gasteiger charge is -2.21. The molecule has 0 aromatic carbocycles. The maximum Gasteiger partial charge on any atom is 0.472 e. The summed E-state index contributed by atoms with van der Waals surface area (Å²) in [6.45, 7) is 7.44. The van der Waals surface area contributed by atoms with Crippen LogP contribution in [0.1, 0.15) is 471 Å². The maximum atomic E-state index is 13.2. The van der Waals surface area contributed by atoms with Crippen LogP contribution in [-0.2, 0) is 65.4 Å². The molecule has 6 atom stereocenters. The zero-order chi connectivity index (χ0) is 77.6. The SMILES string of the molecule is CCCCCCCCCCCCCCCCCCCCCC(=O)O[C@H](COC(=O)CCCCCCCCCCCCCCCCC(C)CC)COP(=O)(O)OC[C@@H](O)COP(=O)(O)OC[C@@H](COC(=O)CCCCCCCCCCCCCC)OC(=O)CCCCCCCCCCCCCCCCCCC. The van der Waals surface area contributed by atoms with E-state index in [-0.39, 0.29) is 25.7 Å². The van der Waals surface area contributed by atoms with Crippen LogP contribution in [0.3, 0.4) is 0 Å². The van der Waals surface area contributed by atoms with Crippen LogP contribution >= 0.6 is 15.6 Å². The summed E-state index contributed by atoms with van der Waals surface area (Å²) in [6.07, 6.45) is 73.4. The zero-order valence-corrected chi connectivity index (χ0v) is 71.4. The predicted octanol–water partition coefficient (Wildman–Crippen LogP) is 26.8. The molecule has 0 fully saturated rings. The molecule has 0 amide bonds. The quantitative estimate of drug-likeness (QED) is 0.0222. The van der Waals surface area contributed by atoms with E-state index in [1.807, 2.05) is 0 Å². The van der Waals surface area contributed by atoms with E-state index in [1.54, 1.807) is 0 Å². The normalized spacial score (nSPS) is 14.0. The number of hydrogen-bond donors (Lipinski definition) is 3. The maximum absolute atomic E-state index is 13.2. The third-order valence-electron chi connectivity index (χ3n) is 20.9. The van der Waals surface area contributed by atoms with Gasteiger partial charge in [-0.2, -0.15) is 0 Å². The molecule has 0 heterocycles. The van der Waals surface area contributed by atoms with Crippen LogP contribution in [0.4, 0.5) is 0 Å². The number of rotatable bonds is 87. The summed E-state index contributed by atoms with van der Waals surface area (Å²) in [5, 5.41) is 10.7. The summed E-state index contributed by atoms with van der Waals surface area (Å²) < 4.78 is 69.0. The van der Waals surface area contributed by atoms with E-state index in [9.17, 15) is 43.2 Å². The van der Waals surface area contributed by atoms with Crippen LogP contribution in [0.2, 0.25) is 0 Å². The van der Waals surface area contributed by atoms with Gasteiger partial charge in [-0.15, -0.1) is 0 Å². The lowest BCUT2D eigenvalue weighted by Crippen LogP contribution is -2.30. The Morgan fingerprint density at radius 1 is 0.264 bits per heavy atom. The minimum atomic E-state index is -4.97. The Kier molecular flexibility index (Phi) is 78.2. The van der Waals surface area contributed by atoms with E-state index in [1.165, 1.54) is 295 Å². The van der Waals surface area contributed by atoms with E-state index in [0.29, 0.717) is 25.7 Å². The minimum Gasteiger partial charge on any atom is -0.462 e. The molecule has 630 valence electrons. The highest BCUT2D eigenvalue weighted by atomic mass is 31.2. The average Bonchev–Trinajstić information content (AvgIpc) is 0.901. The molecule has 0 saturated carbocycles. The van der Waals surface area contributed by atoms with Gasteiger partial charge in [0.25, 0.3) is 0 Å². The zero-order valence-electron chi connectivity index (χ0n) is 69.6. The summed E-state index contributed by atoms with van der Waals surface area (Å²) in [6, 6.07) is 0. The van der Waals surface area contributed by atoms with Crippen LogP contribution < -0.4 is 0 Å². The van der Waals surface area contributed by atoms with Crippen LogP contribution in [0, 0.1) is 5.92 Å². The molecule has 19 heteroatoms. The van der Waals surface area contributed by atoms with Crippen molar-refractivity contribution in [3.05, 3.63) is 0 Å². The molecule has 3 N–H and O–H groups in total. The largest absolute Gasteiger partial charge is 0.472 e. The summed E-state index contributed by atoms with van der Waals surface area (Å²) >= 11 is 0. The number of hydrogen-bond acceptors (Lipinski definition) is 15. The van der Waals surface area contributed by atoms with Gasteiger partial charge in [0.05, 0.1) is 26.4 Å². The molecule has 106 heavy (non-hydrogen) atoms. The van der Waals surface area contributed by atoms with E-state index in [4.69, 9.17) is 37.0 Å². The smallest absolute Gasteiger partial charge is 0.462 e. The highest BCUT2D eigenvalue weighted by Crippen LogP contribution is 2.45. The number of aliphatic hydroxyl groups excluding tert-OH is 1. The Morgan fingerprint density at radius 3 is 0.670 bits per heavy atom. The molecule has 0 aromatic heterocycles. The first-order valence-electron chi connectivity index (χ1n) is 45.2. The number of unbranched alkanes of at least 4 members (excludes halogenated alkanes) is 58. The van der Waals surface area contributed by atoms with Crippen LogP contribution in [0.15, 0.2) is 0 Å². The molecule has 0 rings (SSSR count). The fourth-order valence-corrected chi connectivity index (χ4v) is 15.2. The molecule has 0 aromatic rings. The van der Waals surface area contributed by atoms with Crippen molar-refractivity contribution >= 4 is 39.5 Å². The number of phosphoric ester groups is 2. The van der Waals surface area contributed by atoms with E-state index in [0.717, 1.165) is 95.8 Å². The lowest BCUT2D eigenvalue weighted by molar-refractivity contribution is -0.161. The van der Waals surface area contributed by atoms with Gasteiger partial charge in [-0.25, -0.2) is 9.13 Å². The van der Waals surface area contributed by atoms with E-state index >= 15 is 0 Å². The Labute approximate surface area is 651 Å². The number of aliphatic hydroxyl groups is 1. The van der Waals surface area contributed by atoms with Gasteiger partial charge in [0.15, 0.2) is 12.2 Å². The van der Waals surface area contributed by atoms with Gasteiger partial charge < -0.3 is 33.8 Å². The molecule has 0 bridgehead atoms. The van der Waals surface area contributed by atoms with Crippen molar-refractivity contribution in [1.82, 2.24) is 0 Å². The molecular weight excluding hydrogens is 1380 g/mol. The molecule has 0 saturated heterocycles. The van der Waals surface area contributed by atoms with Gasteiger partial charge in [0.1, 0.15) is 19.3 Å². The summed E-state index contributed by atoms with van der Waals surface area (Å²) in [7, 11) is -9.93. The van der Waals surface area contributed by atoms with Gasteiger partial charge in [0, 0.05) is 25.7 Å². The molecular formula is C87H170O17P2. The van der Waals surface area contributed by atoms with Crippen molar-refractivity contribution < 1.29 is 80.2 Å². The van der Waals surface area contributed by atoms with Crippen molar-refractivity contribution in [1.29, 1.82) is 0 Å². The lowest BCUT2D eigenvalue weighted by atomic mass is 9.99. The van der Waals surface area contributed by atoms with Crippen molar-refractivity contribution in [2.24, 2.45) is 5.92 Å². The van der Waals surface area contributed by atoms with Gasteiger partial charge in [-0.3, -0.25) is 37.3 Å². The molecule has 3 unspecified atom stereocenters. The Bertz CT molecular complexity index is 2020. The average molecular weight is 1550 g/mol. The van der Waals surface area contributed by atoms with Gasteiger partial charge >= 0.3 is 39.5 Å². The minimum absolute atomic E-state index is 0.109. The van der Waals surface area contributed by atoms with Crippen molar-refractivity contribution in [3.8, 4) is 0 Å². The van der Waals surface area contributed by atoms with Crippen LogP contribution in [0.5, 0.6) is 0 Å². The molecule has 0 radical (unpaired) electrons. The van der Waals surface area contributed by atoms with Gasteiger partial charge in [-0.05, 0) is 31.6 Å². The fraction of sp³-hybridized carbons (Fsp3) is 0.954. The number of ether oxygens (including phenoxy) is 4. The summed E-state index contributed by atoms with van der Waals surface area (Å²) in [5.41, 5.74) is 0. The summed E-state index contributed by atoms with van der Waals surface area (Å²) in [4.78, 5) is 73.3. The van der Waals surface area contributed by atoms with Crippen molar-refractivity contribution in [2.45, 2.75) is 490 Å². The van der Waals surface area contributed by atoms with Crippen molar-refractivity contribution in [2.75, 3.05) is 39.6 Å². The monoisotopic (exact) mass is 1550 g/mol. The Balaban J connectivity index is 5.26. The molecule has 0 aliphatic carbocycles. The fourth-order valence-electron chi connectivity index (χ4n) is 13.6. The summed E-state index contributed by atoms with van der Waals surface area (Å²) in [5.74, 6) is -1.25. The first kappa shape index (κ1) is 104. The number of phosphoric acid groups is 2. The van der Waals surface area contributed by atoms with Crippen LogP contribution in [0.25, 0.3) is 0 Å². The topological polar surface area (TPSA) is 237 Å². The van der Waals surface area contributed by atoms with Gasteiger partial charge in [-0.1, -0.05) is 420 Å². The third-order valence-corrected chi connectivity index (χ3v) is 22.8. The number of carbonyl (C=O) groups excluding carboxylic acids is 4. The van der Waals surface area contributed by atoms with Gasteiger partial charge in [0.2, 0.25) is 0 Å². The number of esters is 4. The molecule has 0 aliphatic heterocycles. The second-order valence-corrected chi connectivity index (χ2v) is 34.4. The first-order valence-corrected chi connectivity index (χ1v) is 48.2. The van der Waals surface area contributed by atoms with Crippen LogP contribution in [-0.4, -0.2) is 96.7 Å². The molecule has 0 spiro atoms. The second kappa shape index (κ2) is 79.7. The Morgan fingerprint density at radius 2 is 0.453 bits per heavy atom. The standard InChI is InChI=1S/C87H170O17P2/c1-6-10-13-16-19-22-25-28-30-32-33-35-37-43-48-53-58-63-68-73-87(92)104-83(77-98-85(90)71-66-61-56-51-46-41-39-38-40-44-49-54-59-64-69-80(5)9-4)79-102-106(95,96)100-75-81(88)74-99-105(93,94)101-78-82(76-97-84(89)70-65-60-55-50-45-27-24-21-18-15-12-8-3)103-86(91)72-67-62-57-52-47-42-36-34-31-29-26-23-20-17-14-11-7-2/h80-83,88H,6-79H2,1-5H3,(H,93,94)(H,95,96)/t80?,81-,82+,83+/m0/s1. The second-order valence-electron chi connectivity index (χ2n) is 31.5. The number of carbonyl (C=O) groups is 4. The Hall–Kier alpha value is -1.94. The van der Waals surface area contributed by atoms with Crippen molar-refractivity contribution in [3.63, 3.8) is 0 Å². The predicted molar refractivity (Wildman–Crippen MR) is 437 cm³/mol. The third kappa shape index (κ3) is 78.7. The van der Waals surface area contributed by atoms with E-state index in [2.05, 4.69) is 34.6 Å². The first-order chi connectivity index (χ1) is 51.6. The van der Waals surface area contributed by atoms with E-state index < -0.39 is 97.5 Å².